The van der Waals surface area contributed by atoms with Crippen LogP contribution in [0.25, 0.3) is 0 Å². The van der Waals surface area contributed by atoms with Gasteiger partial charge in [0, 0.05) is 6.54 Å². The summed E-state index contributed by atoms with van der Waals surface area (Å²) in [5, 5.41) is 9.12. The van der Waals surface area contributed by atoms with Crippen molar-refractivity contribution >= 4 is 12.4 Å². The van der Waals surface area contributed by atoms with Crippen LogP contribution in [0.15, 0.2) is 24.3 Å². The average molecular weight is 218 g/mol. The van der Waals surface area contributed by atoms with Crippen LogP contribution in [0.3, 0.4) is 0 Å². The van der Waals surface area contributed by atoms with E-state index in [9.17, 15) is 0 Å². The van der Waals surface area contributed by atoms with Gasteiger partial charge in [0.1, 0.15) is 18.5 Å². The summed E-state index contributed by atoms with van der Waals surface area (Å²) in [6.07, 6.45) is -0.582. The van der Waals surface area contributed by atoms with Gasteiger partial charge in [0.15, 0.2) is 0 Å². The van der Waals surface area contributed by atoms with Gasteiger partial charge in [-0.3, -0.25) is 0 Å². The van der Waals surface area contributed by atoms with Crippen LogP contribution in [0.1, 0.15) is 5.56 Å². The van der Waals surface area contributed by atoms with Gasteiger partial charge in [0.25, 0.3) is 0 Å². The predicted molar refractivity (Wildman–Crippen MR) is 59.0 cm³/mol. The molecule has 0 heterocycles. The molecule has 0 fully saturated rings. The number of hydrogen-bond acceptors (Lipinski definition) is 3. The van der Waals surface area contributed by atoms with Crippen LogP contribution in [0.5, 0.6) is 5.75 Å². The van der Waals surface area contributed by atoms with Crippen molar-refractivity contribution in [1.29, 1.82) is 0 Å². The maximum atomic E-state index is 9.12. The number of aryl methyl sites for hydroxylation is 1. The highest BCUT2D eigenvalue weighted by atomic mass is 35.5. The van der Waals surface area contributed by atoms with Gasteiger partial charge in [-0.15, -0.1) is 12.4 Å². The number of hydrogen-bond donors (Lipinski definition) is 2. The number of ether oxygens (including phenoxy) is 1. The first-order chi connectivity index (χ1) is 6.22. The molecule has 0 aliphatic carbocycles. The molecule has 0 aliphatic heterocycles. The SMILES string of the molecule is Cc1ccc(OCC(O)CN)cc1.Cl. The zero-order valence-corrected chi connectivity index (χ0v) is 8.96. The second-order valence-electron chi connectivity index (χ2n) is 3.01. The molecule has 0 radical (unpaired) electrons. The summed E-state index contributed by atoms with van der Waals surface area (Å²) in [7, 11) is 0. The summed E-state index contributed by atoms with van der Waals surface area (Å²) in [6, 6.07) is 7.67. The lowest BCUT2D eigenvalue weighted by Crippen LogP contribution is -2.26. The summed E-state index contributed by atoms with van der Waals surface area (Å²) in [4.78, 5) is 0. The number of benzene rings is 1. The summed E-state index contributed by atoms with van der Waals surface area (Å²) in [5.41, 5.74) is 6.42. The van der Waals surface area contributed by atoms with Crippen molar-refractivity contribution in [1.82, 2.24) is 0 Å². The molecule has 1 atom stereocenters. The van der Waals surface area contributed by atoms with Crippen LogP contribution in [0.4, 0.5) is 0 Å². The minimum absolute atomic E-state index is 0. The molecule has 4 heteroatoms. The zero-order chi connectivity index (χ0) is 9.68. The Hall–Kier alpha value is -0.770. The Balaban J connectivity index is 0.00000169. The molecule has 1 unspecified atom stereocenters. The Morgan fingerprint density at radius 1 is 1.36 bits per heavy atom. The average Bonchev–Trinajstić information content (AvgIpc) is 2.16. The van der Waals surface area contributed by atoms with E-state index in [2.05, 4.69) is 0 Å². The Morgan fingerprint density at radius 3 is 2.43 bits per heavy atom. The fourth-order valence-corrected chi connectivity index (χ4v) is 0.895. The molecule has 3 N–H and O–H groups in total. The Kier molecular flexibility index (Phi) is 6.28. The Labute approximate surface area is 90.3 Å². The van der Waals surface area contributed by atoms with Crippen molar-refractivity contribution in [2.45, 2.75) is 13.0 Å². The molecule has 80 valence electrons. The van der Waals surface area contributed by atoms with Crippen molar-refractivity contribution in [2.75, 3.05) is 13.2 Å². The summed E-state index contributed by atoms with van der Waals surface area (Å²) < 4.78 is 5.28. The lowest BCUT2D eigenvalue weighted by molar-refractivity contribution is 0.114. The van der Waals surface area contributed by atoms with Gasteiger partial charge in [-0.05, 0) is 19.1 Å². The molecule has 1 rings (SSSR count). The maximum Gasteiger partial charge on any atom is 0.119 e. The number of halogens is 1. The van der Waals surface area contributed by atoms with E-state index >= 15 is 0 Å². The molecule has 0 aromatic heterocycles. The summed E-state index contributed by atoms with van der Waals surface area (Å²) >= 11 is 0. The standard InChI is InChI=1S/C10H15NO2.ClH/c1-8-2-4-10(5-3-8)13-7-9(12)6-11;/h2-5,9,12H,6-7,11H2,1H3;1H. The van der Waals surface area contributed by atoms with Crippen LogP contribution in [-0.4, -0.2) is 24.4 Å². The molecule has 0 saturated carbocycles. The maximum absolute atomic E-state index is 9.12. The topological polar surface area (TPSA) is 55.5 Å². The largest absolute Gasteiger partial charge is 0.491 e. The molecular formula is C10H16ClNO2. The first kappa shape index (κ1) is 13.2. The summed E-state index contributed by atoms with van der Waals surface area (Å²) in [6.45, 7) is 2.49. The van der Waals surface area contributed by atoms with Crippen LogP contribution in [0, 0.1) is 6.92 Å². The lowest BCUT2D eigenvalue weighted by Gasteiger charge is -2.09. The van der Waals surface area contributed by atoms with Gasteiger partial charge in [0.2, 0.25) is 0 Å². The van der Waals surface area contributed by atoms with Crippen LogP contribution in [-0.2, 0) is 0 Å². The van der Waals surface area contributed by atoms with E-state index < -0.39 is 6.10 Å². The number of aliphatic hydroxyl groups excluding tert-OH is 1. The minimum Gasteiger partial charge on any atom is -0.491 e. The smallest absolute Gasteiger partial charge is 0.119 e. The number of nitrogens with two attached hydrogens (primary N) is 1. The van der Waals surface area contributed by atoms with Crippen molar-refractivity contribution in [3.8, 4) is 5.75 Å². The van der Waals surface area contributed by atoms with E-state index in [0.717, 1.165) is 5.75 Å². The molecule has 0 saturated heterocycles. The van der Waals surface area contributed by atoms with Gasteiger partial charge in [0.05, 0.1) is 0 Å². The molecular weight excluding hydrogens is 202 g/mol. The molecule has 0 bridgehead atoms. The highest BCUT2D eigenvalue weighted by Gasteiger charge is 2.01. The first-order valence-electron chi connectivity index (χ1n) is 4.30. The van der Waals surface area contributed by atoms with Crippen molar-refractivity contribution < 1.29 is 9.84 Å². The third-order valence-corrected chi connectivity index (χ3v) is 1.74. The molecule has 0 amide bonds. The summed E-state index contributed by atoms with van der Waals surface area (Å²) in [5.74, 6) is 0.762. The minimum atomic E-state index is -0.582. The highest BCUT2D eigenvalue weighted by Crippen LogP contribution is 2.11. The quantitative estimate of drug-likeness (QED) is 0.795. The van der Waals surface area contributed by atoms with Crippen LogP contribution in [0.2, 0.25) is 0 Å². The second kappa shape index (κ2) is 6.65. The monoisotopic (exact) mass is 217 g/mol. The molecule has 1 aromatic carbocycles. The van der Waals surface area contributed by atoms with E-state index in [-0.39, 0.29) is 25.6 Å². The van der Waals surface area contributed by atoms with Gasteiger partial charge in [-0.1, -0.05) is 17.7 Å². The lowest BCUT2D eigenvalue weighted by atomic mass is 10.2. The third-order valence-electron chi connectivity index (χ3n) is 1.74. The molecule has 3 nitrogen and oxygen atoms in total. The molecule has 0 aliphatic rings. The van der Waals surface area contributed by atoms with Gasteiger partial charge in [-0.2, -0.15) is 0 Å². The van der Waals surface area contributed by atoms with Crippen LogP contribution < -0.4 is 10.5 Å². The Morgan fingerprint density at radius 2 is 1.93 bits per heavy atom. The fourth-order valence-electron chi connectivity index (χ4n) is 0.895. The normalized spacial score (nSPS) is 11.6. The van der Waals surface area contributed by atoms with Gasteiger partial charge in [-0.25, -0.2) is 0 Å². The molecule has 0 spiro atoms. The molecule has 14 heavy (non-hydrogen) atoms. The highest BCUT2D eigenvalue weighted by molar-refractivity contribution is 5.85. The third kappa shape index (κ3) is 4.46. The van der Waals surface area contributed by atoms with E-state index in [1.807, 2.05) is 31.2 Å². The second-order valence-corrected chi connectivity index (χ2v) is 3.01. The number of rotatable bonds is 4. The zero-order valence-electron chi connectivity index (χ0n) is 8.14. The van der Waals surface area contributed by atoms with Crippen molar-refractivity contribution in [3.05, 3.63) is 29.8 Å². The van der Waals surface area contributed by atoms with E-state index in [1.165, 1.54) is 5.56 Å². The van der Waals surface area contributed by atoms with Crippen molar-refractivity contribution in [2.24, 2.45) is 5.73 Å². The van der Waals surface area contributed by atoms with Gasteiger partial charge < -0.3 is 15.6 Å². The van der Waals surface area contributed by atoms with Crippen molar-refractivity contribution in [3.63, 3.8) is 0 Å². The Bertz CT molecular complexity index is 251. The van der Waals surface area contributed by atoms with Crippen LogP contribution >= 0.6 is 12.4 Å². The number of aliphatic hydroxyl groups is 1. The first-order valence-corrected chi connectivity index (χ1v) is 4.30. The van der Waals surface area contributed by atoms with E-state index in [4.69, 9.17) is 15.6 Å². The van der Waals surface area contributed by atoms with E-state index in [0.29, 0.717) is 0 Å². The fraction of sp³-hybridized carbons (Fsp3) is 0.400. The molecule has 1 aromatic rings. The van der Waals surface area contributed by atoms with Gasteiger partial charge >= 0.3 is 0 Å². The van der Waals surface area contributed by atoms with E-state index in [1.54, 1.807) is 0 Å². The predicted octanol–water partition coefficient (Wildman–Crippen LogP) is 1.12.